The topological polar surface area (TPSA) is 29.1 Å². The summed E-state index contributed by atoms with van der Waals surface area (Å²) in [4.78, 5) is 11.6. The Balaban J connectivity index is 2.49. The number of halogens is 3. The average molecular weight is 243 g/mol. The summed E-state index contributed by atoms with van der Waals surface area (Å²) < 4.78 is 38.2. The Kier molecular flexibility index (Phi) is 2.85. The predicted octanol–water partition coefficient (Wildman–Crippen LogP) is 3.54. The number of benzene rings is 1. The lowest BCUT2D eigenvalue weighted by Crippen LogP contribution is -2.13. The minimum atomic E-state index is -4.43. The number of rotatable bonds is 2. The third-order valence-electron chi connectivity index (χ3n) is 2.92. The SMILES string of the molecule is CCCC1C(=O)Nc2c1cccc2C(F)(F)F. The molecule has 2 nitrogen and oxygen atoms in total. The van der Waals surface area contributed by atoms with E-state index >= 15 is 0 Å². The van der Waals surface area contributed by atoms with Gasteiger partial charge in [0.15, 0.2) is 0 Å². The Morgan fingerprint density at radius 3 is 2.65 bits per heavy atom. The summed E-state index contributed by atoms with van der Waals surface area (Å²) in [5.74, 6) is -0.782. The number of hydrogen-bond donors (Lipinski definition) is 1. The average Bonchev–Trinajstić information content (AvgIpc) is 2.54. The zero-order chi connectivity index (χ0) is 12.6. The van der Waals surface area contributed by atoms with Gasteiger partial charge in [0.25, 0.3) is 0 Å². The van der Waals surface area contributed by atoms with Crippen LogP contribution in [0, 0.1) is 0 Å². The quantitative estimate of drug-likeness (QED) is 0.845. The molecule has 1 aromatic rings. The molecule has 2 rings (SSSR count). The summed E-state index contributed by atoms with van der Waals surface area (Å²) in [6.07, 6.45) is -3.10. The highest BCUT2D eigenvalue weighted by Gasteiger charge is 2.39. The van der Waals surface area contributed by atoms with Gasteiger partial charge in [0.1, 0.15) is 0 Å². The van der Waals surface area contributed by atoms with Gasteiger partial charge in [-0.05, 0) is 18.1 Å². The number of amides is 1. The van der Waals surface area contributed by atoms with E-state index in [0.29, 0.717) is 12.0 Å². The number of fused-ring (bicyclic) bond motifs is 1. The lowest BCUT2D eigenvalue weighted by molar-refractivity contribution is -0.136. The van der Waals surface area contributed by atoms with Crippen LogP contribution in [-0.2, 0) is 11.0 Å². The van der Waals surface area contributed by atoms with Gasteiger partial charge in [-0.25, -0.2) is 0 Å². The maximum atomic E-state index is 12.7. The Morgan fingerprint density at radius 2 is 2.06 bits per heavy atom. The van der Waals surface area contributed by atoms with Crippen molar-refractivity contribution in [3.63, 3.8) is 0 Å². The standard InChI is InChI=1S/C12H12F3NO/c1-2-4-8-7-5-3-6-9(12(13,14)15)10(7)16-11(8)17/h3,5-6,8H,2,4H2,1H3,(H,16,17). The summed E-state index contributed by atoms with van der Waals surface area (Å²) in [7, 11) is 0. The number of carbonyl (C=O) groups is 1. The molecule has 17 heavy (non-hydrogen) atoms. The van der Waals surface area contributed by atoms with Crippen molar-refractivity contribution in [2.75, 3.05) is 5.32 Å². The number of alkyl halides is 3. The fourth-order valence-corrected chi connectivity index (χ4v) is 2.16. The largest absolute Gasteiger partial charge is 0.418 e. The second kappa shape index (κ2) is 4.05. The first-order valence-electron chi connectivity index (χ1n) is 5.46. The first kappa shape index (κ1) is 12.0. The highest BCUT2D eigenvalue weighted by atomic mass is 19.4. The van der Waals surface area contributed by atoms with Crippen molar-refractivity contribution in [2.45, 2.75) is 31.9 Å². The summed E-state index contributed by atoms with van der Waals surface area (Å²) in [6, 6.07) is 3.93. The van der Waals surface area contributed by atoms with Crippen LogP contribution >= 0.6 is 0 Å². The number of nitrogens with one attached hydrogen (secondary N) is 1. The van der Waals surface area contributed by atoms with E-state index in [0.717, 1.165) is 12.5 Å². The third kappa shape index (κ3) is 2.01. The lowest BCUT2D eigenvalue weighted by Gasteiger charge is -2.11. The van der Waals surface area contributed by atoms with Crippen LogP contribution in [0.4, 0.5) is 18.9 Å². The molecular formula is C12H12F3NO. The smallest absolute Gasteiger partial charge is 0.325 e. The highest BCUT2D eigenvalue weighted by Crippen LogP contribution is 2.43. The van der Waals surface area contributed by atoms with E-state index in [1.54, 1.807) is 6.07 Å². The van der Waals surface area contributed by atoms with E-state index in [2.05, 4.69) is 5.32 Å². The Morgan fingerprint density at radius 1 is 1.35 bits per heavy atom. The molecule has 0 aliphatic carbocycles. The monoisotopic (exact) mass is 243 g/mol. The van der Waals surface area contributed by atoms with Gasteiger partial charge in [0.05, 0.1) is 17.2 Å². The van der Waals surface area contributed by atoms with E-state index in [1.807, 2.05) is 6.92 Å². The first-order chi connectivity index (χ1) is 7.95. The number of anilines is 1. The van der Waals surface area contributed by atoms with Gasteiger partial charge >= 0.3 is 6.18 Å². The van der Waals surface area contributed by atoms with Crippen LogP contribution < -0.4 is 5.32 Å². The van der Waals surface area contributed by atoms with Crippen LogP contribution in [0.3, 0.4) is 0 Å². The zero-order valence-electron chi connectivity index (χ0n) is 9.27. The molecule has 1 atom stereocenters. The number of carbonyl (C=O) groups excluding carboxylic acids is 1. The van der Waals surface area contributed by atoms with E-state index in [-0.39, 0.29) is 11.6 Å². The third-order valence-corrected chi connectivity index (χ3v) is 2.92. The van der Waals surface area contributed by atoms with Crippen LogP contribution in [0.1, 0.15) is 36.8 Å². The van der Waals surface area contributed by atoms with Crippen molar-refractivity contribution in [2.24, 2.45) is 0 Å². The molecule has 1 aromatic carbocycles. The van der Waals surface area contributed by atoms with E-state index in [1.165, 1.54) is 6.07 Å². The van der Waals surface area contributed by atoms with Gasteiger partial charge in [0, 0.05) is 0 Å². The van der Waals surface area contributed by atoms with Crippen molar-refractivity contribution in [1.82, 2.24) is 0 Å². The molecule has 1 unspecified atom stereocenters. The van der Waals surface area contributed by atoms with Crippen molar-refractivity contribution in [3.05, 3.63) is 29.3 Å². The van der Waals surface area contributed by atoms with Gasteiger partial charge < -0.3 is 5.32 Å². The molecule has 0 bridgehead atoms. The summed E-state index contributed by atoms with van der Waals surface area (Å²) >= 11 is 0. The molecule has 92 valence electrons. The van der Waals surface area contributed by atoms with Crippen LogP contribution in [-0.4, -0.2) is 5.91 Å². The zero-order valence-corrected chi connectivity index (χ0v) is 9.27. The van der Waals surface area contributed by atoms with Gasteiger partial charge in [-0.1, -0.05) is 25.5 Å². The number of para-hydroxylation sites is 1. The lowest BCUT2D eigenvalue weighted by atomic mass is 9.94. The van der Waals surface area contributed by atoms with Gasteiger partial charge in [-0.3, -0.25) is 4.79 Å². The van der Waals surface area contributed by atoms with Crippen LogP contribution in [0.25, 0.3) is 0 Å². The minimum absolute atomic E-state index is 0.0662. The molecule has 1 aliphatic rings. The Labute approximate surface area is 96.8 Å². The fourth-order valence-electron chi connectivity index (χ4n) is 2.16. The molecule has 0 fully saturated rings. The molecule has 1 heterocycles. The highest BCUT2D eigenvalue weighted by molar-refractivity contribution is 6.03. The number of hydrogen-bond acceptors (Lipinski definition) is 1. The maximum Gasteiger partial charge on any atom is 0.418 e. The molecular weight excluding hydrogens is 231 g/mol. The van der Waals surface area contributed by atoms with E-state index in [4.69, 9.17) is 0 Å². The summed E-state index contributed by atoms with van der Waals surface area (Å²) in [6.45, 7) is 1.90. The molecule has 0 saturated heterocycles. The van der Waals surface area contributed by atoms with Crippen molar-refractivity contribution >= 4 is 11.6 Å². The van der Waals surface area contributed by atoms with Gasteiger partial charge in [0.2, 0.25) is 5.91 Å². The molecule has 1 aliphatic heterocycles. The predicted molar refractivity (Wildman–Crippen MR) is 57.7 cm³/mol. The van der Waals surface area contributed by atoms with Crippen molar-refractivity contribution < 1.29 is 18.0 Å². The second-order valence-corrected chi connectivity index (χ2v) is 4.10. The second-order valence-electron chi connectivity index (χ2n) is 4.10. The summed E-state index contributed by atoms with van der Waals surface area (Å²) in [5, 5.41) is 2.35. The molecule has 1 N–H and O–H groups in total. The molecule has 0 spiro atoms. The van der Waals surface area contributed by atoms with Crippen LogP contribution in [0.5, 0.6) is 0 Å². The van der Waals surface area contributed by atoms with Crippen LogP contribution in [0.2, 0.25) is 0 Å². The maximum absolute atomic E-state index is 12.7. The minimum Gasteiger partial charge on any atom is -0.325 e. The van der Waals surface area contributed by atoms with Crippen molar-refractivity contribution in [3.8, 4) is 0 Å². The Hall–Kier alpha value is -1.52. The van der Waals surface area contributed by atoms with Crippen LogP contribution in [0.15, 0.2) is 18.2 Å². The van der Waals surface area contributed by atoms with E-state index < -0.39 is 17.7 Å². The van der Waals surface area contributed by atoms with E-state index in [9.17, 15) is 18.0 Å². The molecule has 0 saturated carbocycles. The van der Waals surface area contributed by atoms with Gasteiger partial charge in [-0.2, -0.15) is 13.2 Å². The molecule has 0 aromatic heterocycles. The van der Waals surface area contributed by atoms with Crippen molar-refractivity contribution in [1.29, 1.82) is 0 Å². The molecule has 0 radical (unpaired) electrons. The first-order valence-corrected chi connectivity index (χ1v) is 5.46. The molecule has 1 amide bonds. The summed E-state index contributed by atoms with van der Waals surface area (Å²) in [5.41, 5.74) is -0.364. The van der Waals surface area contributed by atoms with Gasteiger partial charge in [-0.15, -0.1) is 0 Å². The fraction of sp³-hybridized carbons (Fsp3) is 0.417. The normalized spacial score (nSPS) is 19.1. The Bertz CT molecular complexity index is 454. The molecule has 5 heteroatoms.